The van der Waals surface area contributed by atoms with E-state index in [1.807, 2.05) is 48.5 Å². The van der Waals surface area contributed by atoms with Gasteiger partial charge in [-0.05, 0) is 12.1 Å². The molecule has 0 saturated heterocycles. The summed E-state index contributed by atoms with van der Waals surface area (Å²) < 4.78 is 10.8. The summed E-state index contributed by atoms with van der Waals surface area (Å²) in [6, 6.07) is 15.1. The molecule has 23 heavy (non-hydrogen) atoms. The number of benzene rings is 2. The van der Waals surface area contributed by atoms with Gasteiger partial charge in [-0.1, -0.05) is 36.4 Å². The third-order valence-corrected chi connectivity index (χ3v) is 3.83. The highest BCUT2D eigenvalue weighted by Crippen LogP contribution is 2.31. The van der Waals surface area contributed by atoms with Gasteiger partial charge in [0.15, 0.2) is 0 Å². The monoisotopic (exact) mass is 312 g/mol. The highest BCUT2D eigenvalue weighted by molar-refractivity contribution is 5.90. The lowest BCUT2D eigenvalue weighted by Gasteiger charge is -2.26. The molecule has 1 aliphatic heterocycles. The maximum absolute atomic E-state index is 12.3. The zero-order chi connectivity index (χ0) is 16.1. The van der Waals surface area contributed by atoms with Crippen LogP contribution in [0, 0.1) is 0 Å². The molecule has 1 heterocycles. The quantitative estimate of drug-likeness (QED) is 0.908. The number of nitrogens with one attached hydrogen (secondary N) is 2. The van der Waals surface area contributed by atoms with Crippen LogP contribution in [0.4, 0.5) is 10.5 Å². The third-order valence-electron chi connectivity index (χ3n) is 3.83. The molecule has 1 aliphatic rings. The minimum atomic E-state index is -0.227. The second kappa shape index (κ2) is 7.15. The van der Waals surface area contributed by atoms with Crippen molar-refractivity contribution >= 4 is 11.7 Å². The van der Waals surface area contributed by atoms with Crippen molar-refractivity contribution in [3.8, 4) is 5.75 Å². The Labute approximate surface area is 135 Å². The van der Waals surface area contributed by atoms with Crippen LogP contribution in [-0.2, 0) is 11.3 Å². The predicted molar refractivity (Wildman–Crippen MR) is 88.6 cm³/mol. The fourth-order valence-corrected chi connectivity index (χ4v) is 2.73. The van der Waals surface area contributed by atoms with E-state index in [4.69, 9.17) is 9.47 Å². The summed E-state index contributed by atoms with van der Waals surface area (Å²) >= 11 is 0. The van der Waals surface area contributed by atoms with Crippen LogP contribution in [0.1, 0.15) is 23.6 Å². The van der Waals surface area contributed by atoms with Crippen LogP contribution in [0.2, 0.25) is 0 Å². The van der Waals surface area contributed by atoms with Crippen molar-refractivity contribution in [3.05, 3.63) is 59.7 Å². The van der Waals surface area contributed by atoms with Gasteiger partial charge in [-0.25, -0.2) is 4.79 Å². The fourth-order valence-electron chi connectivity index (χ4n) is 2.73. The van der Waals surface area contributed by atoms with Gasteiger partial charge >= 0.3 is 6.03 Å². The first-order valence-corrected chi connectivity index (χ1v) is 7.64. The van der Waals surface area contributed by atoms with Gasteiger partial charge in [-0.2, -0.15) is 0 Å². The number of carbonyl (C=O) groups is 1. The minimum Gasteiger partial charge on any atom is -0.493 e. The number of amides is 2. The van der Waals surface area contributed by atoms with Crippen LogP contribution < -0.4 is 15.4 Å². The molecule has 2 aromatic rings. The van der Waals surface area contributed by atoms with Gasteiger partial charge in [0.25, 0.3) is 0 Å². The molecule has 3 rings (SSSR count). The van der Waals surface area contributed by atoms with E-state index in [1.54, 1.807) is 7.11 Å². The number of para-hydroxylation sites is 2. The molecule has 5 heteroatoms. The summed E-state index contributed by atoms with van der Waals surface area (Å²) in [6.45, 7) is 1.05. The Kier molecular flexibility index (Phi) is 4.78. The highest BCUT2D eigenvalue weighted by Gasteiger charge is 2.22. The topological polar surface area (TPSA) is 59.6 Å². The van der Waals surface area contributed by atoms with Gasteiger partial charge in [0.2, 0.25) is 0 Å². The smallest absolute Gasteiger partial charge is 0.319 e. The number of hydrogen-bond acceptors (Lipinski definition) is 3. The number of anilines is 1. The Balaban J connectivity index is 1.69. The summed E-state index contributed by atoms with van der Waals surface area (Å²) in [5.74, 6) is 0.837. The van der Waals surface area contributed by atoms with E-state index in [-0.39, 0.29) is 12.1 Å². The molecule has 2 N–H and O–H groups in total. The highest BCUT2D eigenvalue weighted by atomic mass is 16.5. The number of methoxy groups -OCH3 is 1. The summed E-state index contributed by atoms with van der Waals surface area (Å²) in [7, 11) is 1.63. The lowest BCUT2D eigenvalue weighted by Crippen LogP contribution is -2.35. The Bertz CT molecular complexity index is 687. The van der Waals surface area contributed by atoms with E-state index in [0.29, 0.717) is 13.2 Å². The van der Waals surface area contributed by atoms with Gasteiger partial charge < -0.3 is 20.1 Å². The minimum absolute atomic E-state index is 0.0467. The van der Waals surface area contributed by atoms with Gasteiger partial charge in [-0.3, -0.25) is 0 Å². The van der Waals surface area contributed by atoms with Crippen molar-refractivity contribution in [1.29, 1.82) is 0 Å². The number of fused-ring (bicyclic) bond motifs is 1. The molecule has 2 aromatic carbocycles. The molecule has 120 valence electrons. The molecule has 0 spiro atoms. The van der Waals surface area contributed by atoms with E-state index >= 15 is 0 Å². The van der Waals surface area contributed by atoms with Crippen LogP contribution in [-0.4, -0.2) is 19.7 Å². The molecule has 0 radical (unpaired) electrons. The van der Waals surface area contributed by atoms with Crippen LogP contribution in [0.3, 0.4) is 0 Å². The molecule has 0 bridgehead atoms. The molecule has 2 amide bonds. The summed E-state index contributed by atoms with van der Waals surface area (Å²) in [4.78, 5) is 12.3. The maximum atomic E-state index is 12.3. The van der Waals surface area contributed by atoms with Crippen molar-refractivity contribution in [1.82, 2.24) is 5.32 Å². The number of carbonyl (C=O) groups excluding carboxylic acids is 1. The van der Waals surface area contributed by atoms with Gasteiger partial charge in [-0.15, -0.1) is 0 Å². The van der Waals surface area contributed by atoms with Crippen LogP contribution >= 0.6 is 0 Å². The van der Waals surface area contributed by atoms with E-state index in [9.17, 15) is 4.79 Å². The summed E-state index contributed by atoms with van der Waals surface area (Å²) in [6.07, 6.45) is 0.754. The lowest BCUT2D eigenvalue weighted by molar-refractivity contribution is 0.185. The molecule has 0 aliphatic carbocycles. The summed E-state index contributed by atoms with van der Waals surface area (Å²) in [5, 5.41) is 5.92. The van der Waals surface area contributed by atoms with E-state index in [1.165, 1.54) is 0 Å². The molecule has 1 atom stereocenters. The van der Waals surface area contributed by atoms with Crippen LogP contribution in [0.5, 0.6) is 5.75 Å². The first kappa shape index (κ1) is 15.4. The summed E-state index contributed by atoms with van der Waals surface area (Å²) in [5.41, 5.74) is 2.71. The molecular formula is C18H20N2O3. The second-order valence-electron chi connectivity index (χ2n) is 5.42. The Hall–Kier alpha value is -2.53. The van der Waals surface area contributed by atoms with Gasteiger partial charge in [0.1, 0.15) is 5.75 Å². The Morgan fingerprint density at radius 1 is 1.22 bits per heavy atom. The van der Waals surface area contributed by atoms with Crippen molar-refractivity contribution in [2.24, 2.45) is 0 Å². The SMILES string of the molecule is COCc1ccccc1NC(=O)N[C@H]1CCOc2ccccc21. The van der Waals surface area contributed by atoms with E-state index in [2.05, 4.69) is 10.6 Å². The molecule has 0 fully saturated rings. The molecule has 0 saturated carbocycles. The number of rotatable bonds is 4. The lowest BCUT2D eigenvalue weighted by atomic mass is 10.0. The zero-order valence-corrected chi connectivity index (χ0v) is 13.0. The Morgan fingerprint density at radius 2 is 2.00 bits per heavy atom. The normalized spacial score (nSPS) is 16.1. The fraction of sp³-hybridized carbons (Fsp3) is 0.278. The third kappa shape index (κ3) is 3.63. The van der Waals surface area contributed by atoms with Gasteiger partial charge in [0.05, 0.1) is 19.3 Å². The Morgan fingerprint density at radius 3 is 2.87 bits per heavy atom. The van der Waals surface area contributed by atoms with E-state index < -0.39 is 0 Å². The average Bonchev–Trinajstić information content (AvgIpc) is 2.57. The molecule has 5 nitrogen and oxygen atoms in total. The number of hydrogen-bond donors (Lipinski definition) is 2. The van der Waals surface area contributed by atoms with Crippen LogP contribution in [0.15, 0.2) is 48.5 Å². The molecule has 0 aromatic heterocycles. The van der Waals surface area contributed by atoms with Crippen molar-refractivity contribution in [3.63, 3.8) is 0 Å². The van der Waals surface area contributed by atoms with Crippen molar-refractivity contribution in [2.75, 3.05) is 19.0 Å². The second-order valence-corrected chi connectivity index (χ2v) is 5.42. The molecular weight excluding hydrogens is 292 g/mol. The van der Waals surface area contributed by atoms with Gasteiger partial charge in [0, 0.05) is 30.3 Å². The largest absolute Gasteiger partial charge is 0.493 e. The zero-order valence-electron chi connectivity index (χ0n) is 13.0. The molecule has 0 unspecified atom stereocenters. The number of ether oxygens (including phenoxy) is 2. The number of urea groups is 1. The first-order chi connectivity index (χ1) is 11.3. The first-order valence-electron chi connectivity index (χ1n) is 7.64. The van der Waals surface area contributed by atoms with Crippen LogP contribution in [0.25, 0.3) is 0 Å². The standard InChI is InChI=1S/C18H20N2O3/c1-22-12-13-6-2-4-8-15(13)19-18(21)20-16-10-11-23-17-9-5-3-7-14(16)17/h2-9,16H,10-12H2,1H3,(H2,19,20,21)/t16-/m0/s1. The maximum Gasteiger partial charge on any atom is 0.319 e. The average molecular weight is 312 g/mol. The van der Waals surface area contributed by atoms with Crippen molar-refractivity contribution in [2.45, 2.75) is 19.1 Å². The van der Waals surface area contributed by atoms with Crippen molar-refractivity contribution < 1.29 is 14.3 Å². The van der Waals surface area contributed by atoms with E-state index in [0.717, 1.165) is 29.0 Å². The predicted octanol–water partition coefficient (Wildman–Crippen LogP) is 3.48.